The second kappa shape index (κ2) is 7.09. The Bertz CT molecular complexity index is 793. The first-order valence-corrected chi connectivity index (χ1v) is 9.00. The number of benzene rings is 1. The van der Waals surface area contributed by atoms with E-state index in [2.05, 4.69) is 10.3 Å². The molecule has 0 saturated heterocycles. The number of amides is 1. The molecule has 24 heavy (non-hydrogen) atoms. The smallest absolute Gasteiger partial charge is 0.355 e. The highest BCUT2D eigenvalue weighted by Gasteiger charge is 2.44. The molecule has 0 radical (unpaired) electrons. The molecule has 8 heteroatoms. The van der Waals surface area contributed by atoms with Crippen molar-refractivity contribution in [2.45, 2.75) is 18.8 Å². The van der Waals surface area contributed by atoms with Crippen molar-refractivity contribution in [2.24, 2.45) is 5.92 Å². The van der Waals surface area contributed by atoms with Crippen molar-refractivity contribution < 1.29 is 14.7 Å². The number of carboxylic acids is 1. The monoisotopic (exact) mass is 384 g/mol. The minimum Gasteiger partial charge on any atom is -0.476 e. The Morgan fingerprint density at radius 2 is 2.17 bits per heavy atom. The number of carbonyl (C=O) groups is 2. The summed E-state index contributed by atoms with van der Waals surface area (Å²) in [7, 11) is 0. The van der Waals surface area contributed by atoms with Crippen molar-refractivity contribution in [1.82, 2.24) is 10.3 Å². The van der Waals surface area contributed by atoms with Crippen LogP contribution < -0.4 is 5.32 Å². The zero-order valence-electron chi connectivity index (χ0n) is 12.5. The summed E-state index contributed by atoms with van der Waals surface area (Å²) in [6.45, 7) is 0.428. The van der Waals surface area contributed by atoms with E-state index in [0.29, 0.717) is 28.0 Å². The van der Waals surface area contributed by atoms with Crippen LogP contribution in [-0.4, -0.2) is 28.5 Å². The van der Waals surface area contributed by atoms with Crippen LogP contribution in [0.5, 0.6) is 0 Å². The fourth-order valence-electron chi connectivity index (χ4n) is 2.58. The van der Waals surface area contributed by atoms with Gasteiger partial charge in [-0.2, -0.15) is 0 Å². The number of aromatic carboxylic acids is 1. The van der Waals surface area contributed by atoms with Gasteiger partial charge in [0.05, 0.1) is 15.1 Å². The van der Waals surface area contributed by atoms with Crippen LogP contribution in [0.3, 0.4) is 0 Å². The standard InChI is InChI=1S/C16H14Cl2N2O3S/c17-11-3-1-2-8(14(11)18)9-6-10(9)15(21)19-5-4-13-20-12(7-24-13)16(22)23/h1-3,7,9-10H,4-6H2,(H,19,21)(H,22,23). The van der Waals surface area contributed by atoms with Gasteiger partial charge in [0.1, 0.15) is 0 Å². The number of halogens is 2. The number of carboxylic acid groups (broad SMARTS) is 1. The molecule has 1 saturated carbocycles. The number of thiazole rings is 1. The van der Waals surface area contributed by atoms with E-state index in [1.165, 1.54) is 16.7 Å². The molecule has 1 aromatic heterocycles. The van der Waals surface area contributed by atoms with Crippen molar-refractivity contribution in [1.29, 1.82) is 0 Å². The minimum atomic E-state index is -1.04. The van der Waals surface area contributed by atoms with Crippen LogP contribution in [0.4, 0.5) is 0 Å². The van der Waals surface area contributed by atoms with E-state index in [4.69, 9.17) is 28.3 Å². The van der Waals surface area contributed by atoms with Crippen LogP contribution in [0.15, 0.2) is 23.6 Å². The Labute approximate surface area is 152 Å². The third kappa shape index (κ3) is 3.71. The molecular weight excluding hydrogens is 371 g/mol. The van der Waals surface area contributed by atoms with E-state index in [1.807, 2.05) is 12.1 Å². The van der Waals surface area contributed by atoms with Gasteiger partial charge in [0, 0.05) is 24.3 Å². The Balaban J connectivity index is 1.50. The lowest BCUT2D eigenvalue weighted by Gasteiger charge is -2.06. The van der Waals surface area contributed by atoms with Gasteiger partial charge >= 0.3 is 5.97 Å². The highest BCUT2D eigenvalue weighted by molar-refractivity contribution is 7.09. The first kappa shape index (κ1) is 17.2. The maximum absolute atomic E-state index is 12.2. The van der Waals surface area contributed by atoms with Crippen LogP contribution in [0.2, 0.25) is 10.0 Å². The van der Waals surface area contributed by atoms with E-state index >= 15 is 0 Å². The predicted octanol–water partition coefficient (Wildman–Crippen LogP) is 3.61. The molecule has 2 N–H and O–H groups in total. The Morgan fingerprint density at radius 3 is 2.88 bits per heavy atom. The van der Waals surface area contributed by atoms with Crippen molar-refractivity contribution in [3.8, 4) is 0 Å². The first-order chi connectivity index (χ1) is 11.5. The van der Waals surface area contributed by atoms with Gasteiger partial charge in [-0.3, -0.25) is 4.79 Å². The van der Waals surface area contributed by atoms with Gasteiger partial charge in [-0.25, -0.2) is 9.78 Å². The topological polar surface area (TPSA) is 79.3 Å². The molecule has 2 atom stereocenters. The summed E-state index contributed by atoms with van der Waals surface area (Å²) in [6.07, 6.45) is 1.27. The van der Waals surface area contributed by atoms with Crippen LogP contribution in [0, 0.1) is 5.92 Å². The Morgan fingerprint density at radius 1 is 1.38 bits per heavy atom. The average molecular weight is 385 g/mol. The van der Waals surface area contributed by atoms with Crippen molar-refractivity contribution in [3.63, 3.8) is 0 Å². The second-order valence-electron chi connectivity index (χ2n) is 5.56. The second-order valence-corrected chi connectivity index (χ2v) is 7.29. The summed E-state index contributed by atoms with van der Waals surface area (Å²) in [5.74, 6) is -1.05. The highest BCUT2D eigenvalue weighted by Crippen LogP contribution is 2.50. The molecule has 5 nitrogen and oxygen atoms in total. The molecule has 0 bridgehead atoms. The number of hydrogen-bond acceptors (Lipinski definition) is 4. The lowest BCUT2D eigenvalue weighted by Crippen LogP contribution is -2.27. The zero-order chi connectivity index (χ0) is 17.3. The van der Waals surface area contributed by atoms with Gasteiger partial charge in [0.2, 0.25) is 5.91 Å². The van der Waals surface area contributed by atoms with E-state index in [0.717, 1.165) is 12.0 Å². The number of nitrogens with zero attached hydrogens (tertiary/aromatic N) is 1. The van der Waals surface area contributed by atoms with Gasteiger partial charge in [-0.05, 0) is 24.0 Å². The van der Waals surface area contributed by atoms with Gasteiger partial charge < -0.3 is 10.4 Å². The Hall–Kier alpha value is -1.63. The normalized spacial score (nSPS) is 19.1. The number of nitrogens with one attached hydrogen (secondary N) is 1. The third-order valence-corrected chi connectivity index (χ3v) is 5.66. The molecule has 1 heterocycles. The van der Waals surface area contributed by atoms with E-state index in [9.17, 15) is 9.59 Å². The van der Waals surface area contributed by atoms with Gasteiger partial charge in [0.25, 0.3) is 0 Å². The summed E-state index contributed by atoms with van der Waals surface area (Å²) in [6, 6.07) is 5.46. The minimum absolute atomic E-state index is 0.0222. The summed E-state index contributed by atoms with van der Waals surface area (Å²) < 4.78 is 0. The highest BCUT2D eigenvalue weighted by atomic mass is 35.5. The van der Waals surface area contributed by atoms with Crippen molar-refractivity contribution in [2.75, 3.05) is 6.54 Å². The maximum atomic E-state index is 12.2. The van der Waals surface area contributed by atoms with Crippen LogP contribution in [0.1, 0.15) is 33.4 Å². The largest absolute Gasteiger partial charge is 0.476 e. The molecule has 3 rings (SSSR count). The van der Waals surface area contributed by atoms with Crippen LogP contribution in [-0.2, 0) is 11.2 Å². The van der Waals surface area contributed by atoms with Crippen molar-refractivity contribution >= 4 is 46.4 Å². The third-order valence-electron chi connectivity index (χ3n) is 3.92. The number of carbonyl (C=O) groups excluding carboxylic acids is 1. The fourth-order valence-corrected chi connectivity index (χ4v) is 3.80. The fraction of sp³-hybridized carbons (Fsp3) is 0.312. The summed E-state index contributed by atoms with van der Waals surface area (Å²) in [4.78, 5) is 26.9. The quantitative estimate of drug-likeness (QED) is 0.796. The average Bonchev–Trinajstić information content (AvgIpc) is 3.19. The first-order valence-electron chi connectivity index (χ1n) is 7.36. The SMILES string of the molecule is O=C(O)c1csc(CCNC(=O)C2CC2c2cccc(Cl)c2Cl)n1. The Kier molecular flexibility index (Phi) is 5.08. The molecule has 1 aliphatic rings. The molecule has 2 unspecified atom stereocenters. The van der Waals surface area contributed by atoms with Crippen LogP contribution in [0.25, 0.3) is 0 Å². The van der Waals surface area contributed by atoms with E-state index in [-0.39, 0.29) is 23.4 Å². The number of hydrogen-bond donors (Lipinski definition) is 2. The molecule has 2 aromatic rings. The molecule has 126 valence electrons. The molecular formula is C16H14Cl2N2O3S. The maximum Gasteiger partial charge on any atom is 0.355 e. The molecule has 0 spiro atoms. The lowest BCUT2D eigenvalue weighted by atomic mass is 10.1. The van der Waals surface area contributed by atoms with E-state index in [1.54, 1.807) is 6.07 Å². The van der Waals surface area contributed by atoms with Crippen molar-refractivity contribution in [3.05, 3.63) is 49.9 Å². The number of aromatic nitrogens is 1. The molecule has 1 fully saturated rings. The molecule has 1 aliphatic carbocycles. The number of rotatable bonds is 6. The van der Waals surface area contributed by atoms with Gasteiger partial charge in [-0.1, -0.05) is 35.3 Å². The summed E-state index contributed by atoms with van der Waals surface area (Å²) in [5.41, 5.74) is 0.953. The lowest BCUT2D eigenvalue weighted by molar-refractivity contribution is -0.122. The molecule has 0 aliphatic heterocycles. The van der Waals surface area contributed by atoms with Gasteiger partial charge in [0.15, 0.2) is 5.69 Å². The molecule has 1 aromatic carbocycles. The molecule has 1 amide bonds. The predicted molar refractivity (Wildman–Crippen MR) is 93.1 cm³/mol. The summed E-state index contributed by atoms with van der Waals surface area (Å²) in [5, 5.41) is 14.9. The van der Waals surface area contributed by atoms with Gasteiger partial charge in [-0.15, -0.1) is 11.3 Å². The summed E-state index contributed by atoms with van der Waals surface area (Å²) >= 11 is 13.5. The zero-order valence-corrected chi connectivity index (χ0v) is 14.8. The van der Waals surface area contributed by atoms with Crippen LogP contribution >= 0.6 is 34.5 Å². The van der Waals surface area contributed by atoms with E-state index < -0.39 is 5.97 Å².